The summed E-state index contributed by atoms with van der Waals surface area (Å²) in [6, 6.07) is 8.61. The number of nitrogens with zero attached hydrogens (tertiary/aromatic N) is 2. The molecule has 0 saturated carbocycles. The van der Waals surface area contributed by atoms with Crippen LogP contribution < -0.4 is 5.32 Å². The van der Waals surface area contributed by atoms with Crippen LogP contribution in [0.3, 0.4) is 0 Å². The van der Waals surface area contributed by atoms with Gasteiger partial charge in [0.1, 0.15) is 11.8 Å². The Morgan fingerprint density at radius 3 is 3.08 bits per heavy atom. The molecule has 0 bridgehead atoms. The Kier molecular flexibility index (Phi) is 3.97. The molecule has 2 N–H and O–H groups in total. The number of amides is 2. The van der Waals surface area contributed by atoms with Crippen molar-refractivity contribution in [2.24, 2.45) is 0 Å². The van der Waals surface area contributed by atoms with Crippen LogP contribution in [0.5, 0.6) is 0 Å². The Labute approximate surface area is 144 Å². The van der Waals surface area contributed by atoms with E-state index in [4.69, 9.17) is 4.42 Å². The number of furan rings is 1. The maximum Gasteiger partial charge on any atom is 0.256 e. The molecule has 7 heteroatoms. The molecule has 1 aliphatic heterocycles. The normalized spacial score (nSPS) is 17.1. The first kappa shape index (κ1) is 15.4. The van der Waals surface area contributed by atoms with Crippen LogP contribution in [0, 0.1) is 0 Å². The van der Waals surface area contributed by atoms with Gasteiger partial charge in [0.15, 0.2) is 0 Å². The molecule has 0 radical (unpaired) electrons. The summed E-state index contributed by atoms with van der Waals surface area (Å²) in [5.41, 5.74) is 1.25. The van der Waals surface area contributed by atoms with Crippen LogP contribution in [0.15, 0.2) is 47.2 Å². The molecular weight excluding hydrogens is 320 g/mol. The van der Waals surface area contributed by atoms with Crippen LogP contribution in [0.2, 0.25) is 0 Å². The van der Waals surface area contributed by atoms with Crippen molar-refractivity contribution >= 4 is 22.7 Å². The molecule has 4 rings (SSSR count). The van der Waals surface area contributed by atoms with E-state index in [0.717, 1.165) is 11.8 Å². The predicted molar refractivity (Wildman–Crippen MR) is 90.7 cm³/mol. The maximum atomic E-state index is 13.0. The molecule has 25 heavy (non-hydrogen) atoms. The molecule has 1 aromatic carbocycles. The van der Waals surface area contributed by atoms with Crippen molar-refractivity contribution in [3.63, 3.8) is 0 Å². The third-order valence-electron chi connectivity index (χ3n) is 4.54. The lowest BCUT2D eigenvalue weighted by Gasteiger charge is -2.24. The minimum absolute atomic E-state index is 0.148. The van der Waals surface area contributed by atoms with Crippen LogP contribution in [0.25, 0.3) is 10.9 Å². The zero-order chi connectivity index (χ0) is 17.2. The van der Waals surface area contributed by atoms with E-state index in [2.05, 4.69) is 15.5 Å². The number of nitrogens with one attached hydrogen (secondary N) is 2. The number of hydrogen-bond donors (Lipinski definition) is 2. The largest absolute Gasteiger partial charge is 0.467 e. The number of carbonyl (C=O) groups is 2. The number of aromatic amines is 1. The number of para-hydroxylation sites is 1. The smallest absolute Gasteiger partial charge is 0.256 e. The summed E-state index contributed by atoms with van der Waals surface area (Å²) in [6.07, 6.45) is 4.72. The van der Waals surface area contributed by atoms with Crippen molar-refractivity contribution in [3.05, 3.63) is 54.1 Å². The van der Waals surface area contributed by atoms with Gasteiger partial charge in [-0.2, -0.15) is 5.10 Å². The first-order chi connectivity index (χ1) is 12.2. The van der Waals surface area contributed by atoms with Crippen molar-refractivity contribution in [1.82, 2.24) is 20.4 Å². The lowest BCUT2D eigenvalue weighted by atomic mass is 10.1. The number of benzene rings is 1. The van der Waals surface area contributed by atoms with Gasteiger partial charge in [0.2, 0.25) is 5.91 Å². The van der Waals surface area contributed by atoms with Gasteiger partial charge in [0.05, 0.1) is 30.1 Å². The predicted octanol–water partition coefficient (Wildman–Crippen LogP) is 2.08. The first-order valence-electron chi connectivity index (χ1n) is 8.27. The van der Waals surface area contributed by atoms with Crippen molar-refractivity contribution in [2.45, 2.75) is 25.4 Å². The summed E-state index contributed by atoms with van der Waals surface area (Å²) in [7, 11) is 0. The van der Waals surface area contributed by atoms with E-state index in [1.807, 2.05) is 12.1 Å². The Morgan fingerprint density at radius 2 is 2.24 bits per heavy atom. The molecular formula is C18H18N4O3. The van der Waals surface area contributed by atoms with Gasteiger partial charge in [-0.25, -0.2) is 0 Å². The molecule has 0 spiro atoms. The van der Waals surface area contributed by atoms with Crippen molar-refractivity contribution in [3.8, 4) is 0 Å². The number of H-pyrrole nitrogens is 1. The van der Waals surface area contributed by atoms with E-state index in [0.29, 0.717) is 36.4 Å². The summed E-state index contributed by atoms with van der Waals surface area (Å²) >= 11 is 0. The van der Waals surface area contributed by atoms with E-state index >= 15 is 0 Å². The number of hydrogen-bond acceptors (Lipinski definition) is 4. The number of fused-ring (bicyclic) bond motifs is 1. The van der Waals surface area contributed by atoms with Gasteiger partial charge in [-0.3, -0.25) is 14.7 Å². The molecule has 1 saturated heterocycles. The molecule has 1 unspecified atom stereocenters. The second kappa shape index (κ2) is 6.43. The lowest BCUT2D eigenvalue weighted by Crippen LogP contribution is -2.45. The summed E-state index contributed by atoms with van der Waals surface area (Å²) < 4.78 is 5.22. The maximum absolute atomic E-state index is 13.0. The zero-order valence-electron chi connectivity index (χ0n) is 13.6. The minimum Gasteiger partial charge on any atom is -0.467 e. The molecule has 1 aliphatic rings. The molecule has 2 aromatic heterocycles. The van der Waals surface area contributed by atoms with E-state index in [9.17, 15) is 9.59 Å². The Hall–Kier alpha value is -3.09. The number of rotatable bonds is 4. The molecule has 3 aromatic rings. The van der Waals surface area contributed by atoms with Crippen LogP contribution in [-0.4, -0.2) is 39.5 Å². The van der Waals surface area contributed by atoms with Crippen molar-refractivity contribution in [1.29, 1.82) is 0 Å². The Bertz CT molecular complexity index is 900. The second-order valence-corrected chi connectivity index (χ2v) is 6.09. The highest BCUT2D eigenvalue weighted by atomic mass is 16.3. The van der Waals surface area contributed by atoms with E-state index in [-0.39, 0.29) is 11.8 Å². The monoisotopic (exact) mass is 338 g/mol. The number of aromatic nitrogens is 2. The van der Waals surface area contributed by atoms with Gasteiger partial charge in [-0.15, -0.1) is 0 Å². The molecule has 0 aliphatic carbocycles. The summed E-state index contributed by atoms with van der Waals surface area (Å²) in [4.78, 5) is 27.2. The van der Waals surface area contributed by atoms with Gasteiger partial charge < -0.3 is 14.6 Å². The average Bonchev–Trinajstić information content (AvgIpc) is 3.39. The number of carbonyl (C=O) groups excluding carboxylic acids is 2. The average molecular weight is 338 g/mol. The molecule has 3 heterocycles. The summed E-state index contributed by atoms with van der Waals surface area (Å²) in [5, 5.41) is 10.6. The third-order valence-corrected chi connectivity index (χ3v) is 4.54. The van der Waals surface area contributed by atoms with E-state index in [1.54, 1.807) is 35.6 Å². The SMILES string of the molecule is O=C(NCc1ccco1)C1CCCN1C(=O)c1cccc2cn[nH]c12. The van der Waals surface area contributed by atoms with Gasteiger partial charge in [-0.1, -0.05) is 12.1 Å². The Balaban J connectivity index is 1.51. The van der Waals surface area contributed by atoms with Gasteiger partial charge in [0, 0.05) is 11.9 Å². The van der Waals surface area contributed by atoms with Gasteiger partial charge >= 0.3 is 0 Å². The fourth-order valence-corrected chi connectivity index (χ4v) is 3.29. The standard InChI is InChI=1S/C18H18N4O3/c23-17(19-11-13-5-3-9-25-13)15-7-2-8-22(15)18(24)14-6-1-4-12-10-20-21-16(12)14/h1,3-6,9-10,15H,2,7-8,11H2,(H,19,23)(H,20,21). The summed E-state index contributed by atoms with van der Waals surface area (Å²) in [5.74, 6) is 0.385. The Morgan fingerprint density at radius 1 is 1.32 bits per heavy atom. The molecule has 1 atom stereocenters. The second-order valence-electron chi connectivity index (χ2n) is 6.09. The molecule has 2 amide bonds. The number of likely N-dealkylation sites (tertiary alicyclic amines) is 1. The molecule has 7 nitrogen and oxygen atoms in total. The highest BCUT2D eigenvalue weighted by Crippen LogP contribution is 2.24. The van der Waals surface area contributed by atoms with Crippen molar-refractivity contribution < 1.29 is 14.0 Å². The summed E-state index contributed by atoms with van der Waals surface area (Å²) in [6.45, 7) is 0.892. The van der Waals surface area contributed by atoms with Crippen LogP contribution >= 0.6 is 0 Å². The van der Waals surface area contributed by atoms with E-state index in [1.165, 1.54) is 0 Å². The topological polar surface area (TPSA) is 91.2 Å². The van der Waals surface area contributed by atoms with Gasteiger partial charge in [-0.05, 0) is 31.0 Å². The quantitative estimate of drug-likeness (QED) is 0.762. The minimum atomic E-state index is -0.458. The van der Waals surface area contributed by atoms with Gasteiger partial charge in [0.25, 0.3) is 5.91 Å². The van der Waals surface area contributed by atoms with E-state index < -0.39 is 6.04 Å². The fourth-order valence-electron chi connectivity index (χ4n) is 3.29. The van der Waals surface area contributed by atoms with Crippen molar-refractivity contribution in [2.75, 3.05) is 6.54 Å². The lowest BCUT2D eigenvalue weighted by molar-refractivity contribution is -0.125. The highest BCUT2D eigenvalue weighted by molar-refractivity contribution is 6.06. The fraction of sp³-hybridized carbons (Fsp3) is 0.278. The third kappa shape index (κ3) is 2.88. The first-order valence-corrected chi connectivity index (χ1v) is 8.27. The molecule has 1 fully saturated rings. The molecule has 128 valence electrons. The van der Waals surface area contributed by atoms with Crippen LogP contribution in [-0.2, 0) is 11.3 Å². The zero-order valence-corrected chi connectivity index (χ0v) is 13.6. The highest BCUT2D eigenvalue weighted by Gasteiger charge is 2.35. The van der Waals surface area contributed by atoms with Crippen LogP contribution in [0.4, 0.5) is 0 Å². The van der Waals surface area contributed by atoms with Crippen LogP contribution in [0.1, 0.15) is 29.0 Å².